The maximum Gasteiger partial charge on any atom is 0.175 e. The van der Waals surface area contributed by atoms with Gasteiger partial charge >= 0.3 is 0 Å². The van der Waals surface area contributed by atoms with Gasteiger partial charge in [0.2, 0.25) is 0 Å². The van der Waals surface area contributed by atoms with Crippen LogP contribution < -0.4 is 14.8 Å². The number of benzene rings is 2. The zero-order valence-electron chi connectivity index (χ0n) is 18.6. The van der Waals surface area contributed by atoms with E-state index in [0.717, 1.165) is 34.6 Å². The van der Waals surface area contributed by atoms with Crippen molar-refractivity contribution >= 4 is 28.3 Å². The first kappa shape index (κ1) is 26.8. The van der Waals surface area contributed by atoms with Gasteiger partial charge in [-0.2, -0.15) is 0 Å². The van der Waals surface area contributed by atoms with Crippen LogP contribution in [0.4, 0.5) is 0 Å². The molecule has 168 valence electrons. The van der Waals surface area contributed by atoms with Crippen LogP contribution in [0.1, 0.15) is 69.1 Å². The molecule has 0 heterocycles. The molecular formula is C25H37BrClNO2. The first-order valence-electron chi connectivity index (χ1n) is 11.0. The molecule has 30 heavy (non-hydrogen) atoms. The maximum atomic E-state index is 6.10. The van der Waals surface area contributed by atoms with E-state index < -0.39 is 0 Å². The molecule has 0 spiro atoms. The fourth-order valence-electron chi connectivity index (χ4n) is 3.23. The van der Waals surface area contributed by atoms with Crippen LogP contribution in [0.5, 0.6) is 11.5 Å². The van der Waals surface area contributed by atoms with Gasteiger partial charge in [-0.1, -0.05) is 68.9 Å². The van der Waals surface area contributed by atoms with Crippen molar-refractivity contribution in [2.24, 2.45) is 0 Å². The molecule has 2 rings (SSSR count). The normalized spacial score (nSPS) is 10.5. The first-order valence-corrected chi connectivity index (χ1v) is 11.8. The van der Waals surface area contributed by atoms with Crippen LogP contribution in [0.2, 0.25) is 0 Å². The average molecular weight is 499 g/mol. The molecule has 0 fully saturated rings. The van der Waals surface area contributed by atoms with Crippen molar-refractivity contribution in [2.45, 2.75) is 72.4 Å². The fraction of sp³-hybridized carbons (Fsp3) is 0.520. The lowest BCUT2D eigenvalue weighted by Gasteiger charge is -2.16. The van der Waals surface area contributed by atoms with Gasteiger partial charge in [-0.05, 0) is 66.0 Å². The Hall–Kier alpha value is -1.23. The Bertz CT molecular complexity index is 722. The SMILES string of the molecule is CCCCCCCCNCc1cc(Br)c(OCc2ccc(C)cc2)c(OCC)c1.Cl. The largest absolute Gasteiger partial charge is 0.490 e. The van der Waals surface area contributed by atoms with Crippen LogP contribution in [0.15, 0.2) is 40.9 Å². The summed E-state index contributed by atoms with van der Waals surface area (Å²) in [7, 11) is 0. The van der Waals surface area contributed by atoms with Gasteiger partial charge in [0.25, 0.3) is 0 Å². The van der Waals surface area contributed by atoms with Crippen molar-refractivity contribution in [1.82, 2.24) is 5.32 Å². The second kappa shape index (κ2) is 15.6. The quantitative estimate of drug-likeness (QED) is 0.272. The third-order valence-corrected chi connectivity index (χ3v) is 5.50. The third-order valence-electron chi connectivity index (χ3n) is 4.91. The molecule has 2 aromatic rings. The lowest BCUT2D eigenvalue weighted by atomic mass is 10.1. The van der Waals surface area contributed by atoms with E-state index in [1.54, 1.807) is 0 Å². The summed E-state index contributed by atoms with van der Waals surface area (Å²) in [6.07, 6.45) is 7.93. The van der Waals surface area contributed by atoms with Gasteiger partial charge in [0, 0.05) is 6.54 Å². The minimum Gasteiger partial charge on any atom is -0.490 e. The second-order valence-electron chi connectivity index (χ2n) is 7.56. The van der Waals surface area contributed by atoms with Crippen molar-refractivity contribution in [2.75, 3.05) is 13.2 Å². The van der Waals surface area contributed by atoms with Crippen LogP contribution in [0.25, 0.3) is 0 Å². The molecule has 0 saturated carbocycles. The maximum absolute atomic E-state index is 6.10. The van der Waals surface area contributed by atoms with Crippen molar-refractivity contribution < 1.29 is 9.47 Å². The van der Waals surface area contributed by atoms with E-state index in [1.807, 2.05) is 6.92 Å². The van der Waals surface area contributed by atoms with Crippen molar-refractivity contribution in [3.8, 4) is 11.5 Å². The van der Waals surface area contributed by atoms with E-state index in [0.29, 0.717) is 13.2 Å². The molecule has 0 bridgehead atoms. The number of rotatable bonds is 14. The molecule has 0 aliphatic carbocycles. The molecule has 0 amide bonds. The summed E-state index contributed by atoms with van der Waals surface area (Å²) in [6.45, 7) is 9.38. The number of ether oxygens (including phenoxy) is 2. The molecular weight excluding hydrogens is 462 g/mol. The fourth-order valence-corrected chi connectivity index (χ4v) is 3.83. The first-order chi connectivity index (χ1) is 14.1. The minimum atomic E-state index is 0. The number of unbranched alkanes of at least 4 members (excludes halogenated alkanes) is 5. The smallest absolute Gasteiger partial charge is 0.175 e. The van der Waals surface area contributed by atoms with E-state index in [2.05, 4.69) is 71.5 Å². The molecule has 5 heteroatoms. The van der Waals surface area contributed by atoms with E-state index in [4.69, 9.17) is 9.47 Å². The monoisotopic (exact) mass is 497 g/mol. The van der Waals surface area contributed by atoms with Crippen molar-refractivity contribution in [1.29, 1.82) is 0 Å². The van der Waals surface area contributed by atoms with Gasteiger partial charge in [-0.15, -0.1) is 12.4 Å². The zero-order chi connectivity index (χ0) is 20.9. The minimum absolute atomic E-state index is 0. The summed E-state index contributed by atoms with van der Waals surface area (Å²) in [5, 5.41) is 3.55. The van der Waals surface area contributed by atoms with Gasteiger partial charge in [0.05, 0.1) is 11.1 Å². The summed E-state index contributed by atoms with van der Waals surface area (Å²) in [4.78, 5) is 0. The van der Waals surface area contributed by atoms with Gasteiger partial charge in [0.1, 0.15) is 6.61 Å². The molecule has 2 aromatic carbocycles. The molecule has 3 nitrogen and oxygen atoms in total. The highest BCUT2D eigenvalue weighted by atomic mass is 79.9. The third kappa shape index (κ3) is 9.72. The molecule has 0 atom stereocenters. The van der Waals surface area contributed by atoms with Gasteiger partial charge in [-0.25, -0.2) is 0 Å². The number of hydrogen-bond acceptors (Lipinski definition) is 3. The van der Waals surface area contributed by atoms with E-state index in [9.17, 15) is 0 Å². The van der Waals surface area contributed by atoms with Gasteiger partial charge in [0.15, 0.2) is 11.5 Å². The lowest BCUT2D eigenvalue weighted by Crippen LogP contribution is -2.15. The van der Waals surface area contributed by atoms with Crippen LogP contribution in [0, 0.1) is 6.92 Å². The number of halogens is 2. The second-order valence-corrected chi connectivity index (χ2v) is 8.41. The Kier molecular flexibility index (Phi) is 13.9. The van der Waals surface area contributed by atoms with E-state index in [1.165, 1.54) is 49.7 Å². The predicted molar refractivity (Wildman–Crippen MR) is 133 cm³/mol. The highest BCUT2D eigenvalue weighted by molar-refractivity contribution is 9.10. The van der Waals surface area contributed by atoms with Crippen molar-refractivity contribution in [3.63, 3.8) is 0 Å². The van der Waals surface area contributed by atoms with Gasteiger partial charge < -0.3 is 14.8 Å². The molecule has 0 unspecified atom stereocenters. The lowest BCUT2D eigenvalue weighted by molar-refractivity contribution is 0.267. The Morgan fingerprint density at radius 2 is 1.57 bits per heavy atom. The Morgan fingerprint density at radius 1 is 0.867 bits per heavy atom. The summed E-state index contributed by atoms with van der Waals surface area (Å²) in [6, 6.07) is 12.6. The Labute approximate surface area is 197 Å². The molecule has 0 aromatic heterocycles. The predicted octanol–water partition coefficient (Wildman–Crippen LogP) is 7.61. The Balaban J connectivity index is 0.00000450. The summed E-state index contributed by atoms with van der Waals surface area (Å²) in [5.41, 5.74) is 3.60. The summed E-state index contributed by atoms with van der Waals surface area (Å²) < 4.78 is 12.9. The highest BCUT2D eigenvalue weighted by Crippen LogP contribution is 2.37. The molecule has 0 aliphatic heterocycles. The number of aryl methyl sites for hydroxylation is 1. The molecule has 0 radical (unpaired) electrons. The Morgan fingerprint density at radius 3 is 2.27 bits per heavy atom. The van der Waals surface area contributed by atoms with Gasteiger partial charge in [-0.3, -0.25) is 0 Å². The standard InChI is InChI=1S/C25H36BrNO2.ClH/c1-4-6-7-8-9-10-15-27-18-22-16-23(26)25(24(17-22)28-5-2)29-19-21-13-11-20(3)12-14-21;/h11-14,16-17,27H,4-10,15,18-19H2,1-3H3;1H. The molecule has 0 aliphatic rings. The van der Waals surface area contributed by atoms with Crippen molar-refractivity contribution in [3.05, 3.63) is 57.6 Å². The summed E-state index contributed by atoms with van der Waals surface area (Å²) in [5.74, 6) is 1.57. The molecule has 0 saturated heterocycles. The van der Waals surface area contributed by atoms with Crippen LogP contribution in [-0.4, -0.2) is 13.2 Å². The average Bonchev–Trinajstić information content (AvgIpc) is 2.71. The topological polar surface area (TPSA) is 30.5 Å². The molecule has 1 N–H and O–H groups in total. The van der Waals surface area contributed by atoms with Crippen LogP contribution in [-0.2, 0) is 13.2 Å². The van der Waals surface area contributed by atoms with Crippen LogP contribution in [0.3, 0.4) is 0 Å². The van der Waals surface area contributed by atoms with Crippen LogP contribution >= 0.6 is 28.3 Å². The van der Waals surface area contributed by atoms with E-state index in [-0.39, 0.29) is 12.4 Å². The number of nitrogens with one attached hydrogen (secondary N) is 1. The highest BCUT2D eigenvalue weighted by Gasteiger charge is 2.12. The number of hydrogen-bond donors (Lipinski definition) is 1. The zero-order valence-corrected chi connectivity index (χ0v) is 21.0. The van der Waals surface area contributed by atoms with E-state index >= 15 is 0 Å². The summed E-state index contributed by atoms with van der Waals surface area (Å²) >= 11 is 3.68.